The van der Waals surface area contributed by atoms with Crippen LogP contribution in [0.15, 0.2) is 16.6 Å². The van der Waals surface area contributed by atoms with Gasteiger partial charge in [-0.05, 0) is 39.9 Å². The van der Waals surface area contributed by atoms with Crippen molar-refractivity contribution >= 4 is 27.5 Å². The van der Waals surface area contributed by atoms with E-state index in [0.717, 1.165) is 18.6 Å². The van der Waals surface area contributed by atoms with Crippen LogP contribution in [0.1, 0.15) is 38.1 Å². The number of hydrogen-bond donors (Lipinski definition) is 0. The zero-order valence-corrected chi connectivity index (χ0v) is 11.8. The second-order valence-electron chi connectivity index (χ2n) is 4.49. The summed E-state index contributed by atoms with van der Waals surface area (Å²) in [5, 5.41) is -0.542. The molecule has 0 aliphatic carbocycles. The van der Waals surface area contributed by atoms with Gasteiger partial charge < -0.3 is 0 Å². The Morgan fingerprint density at radius 1 is 1.31 bits per heavy atom. The lowest BCUT2D eigenvalue weighted by atomic mass is 9.82. The number of rotatable bonds is 3. The Morgan fingerprint density at radius 3 is 2.38 bits per heavy atom. The van der Waals surface area contributed by atoms with Crippen LogP contribution in [0.4, 0.5) is 8.78 Å². The molecule has 1 aromatic rings. The van der Waals surface area contributed by atoms with E-state index in [0.29, 0.717) is 0 Å². The summed E-state index contributed by atoms with van der Waals surface area (Å²) < 4.78 is 27.1. The van der Waals surface area contributed by atoms with Crippen molar-refractivity contribution < 1.29 is 8.78 Å². The van der Waals surface area contributed by atoms with Crippen molar-refractivity contribution in [3.05, 3.63) is 33.8 Å². The molecule has 90 valence electrons. The second kappa shape index (κ2) is 5.01. The van der Waals surface area contributed by atoms with Crippen molar-refractivity contribution in [3.63, 3.8) is 0 Å². The molecule has 0 saturated heterocycles. The highest BCUT2D eigenvalue weighted by atomic mass is 79.9. The number of hydrogen-bond acceptors (Lipinski definition) is 0. The van der Waals surface area contributed by atoms with Crippen LogP contribution in [0, 0.1) is 17.0 Å². The lowest BCUT2D eigenvalue weighted by molar-refractivity contribution is 0.329. The molecule has 0 nitrogen and oxygen atoms in total. The van der Waals surface area contributed by atoms with E-state index in [4.69, 9.17) is 11.6 Å². The summed E-state index contributed by atoms with van der Waals surface area (Å²) in [5.74, 6) is -0.969. The fourth-order valence-corrected chi connectivity index (χ4v) is 1.97. The summed E-state index contributed by atoms with van der Waals surface area (Å²) >= 11 is 9.14. The Kier molecular flexibility index (Phi) is 4.35. The second-order valence-corrected chi connectivity index (χ2v) is 5.78. The molecule has 0 aromatic heterocycles. The van der Waals surface area contributed by atoms with Gasteiger partial charge in [0, 0.05) is 5.56 Å². The minimum atomic E-state index is -0.542. The van der Waals surface area contributed by atoms with E-state index in [2.05, 4.69) is 15.9 Å². The van der Waals surface area contributed by atoms with Gasteiger partial charge in [0.1, 0.15) is 11.6 Å². The normalized spacial score (nSPS) is 13.9. The Morgan fingerprint density at radius 2 is 1.88 bits per heavy atom. The van der Waals surface area contributed by atoms with Crippen molar-refractivity contribution in [3.8, 4) is 0 Å². The molecule has 0 radical (unpaired) electrons. The Hall–Kier alpha value is -0.150. The molecule has 0 fully saturated rings. The molecule has 0 aliphatic heterocycles. The highest BCUT2D eigenvalue weighted by Gasteiger charge is 2.30. The van der Waals surface area contributed by atoms with Gasteiger partial charge in [-0.25, -0.2) is 8.78 Å². The van der Waals surface area contributed by atoms with Crippen molar-refractivity contribution in [1.82, 2.24) is 0 Å². The van der Waals surface area contributed by atoms with Gasteiger partial charge in [0.05, 0.1) is 9.85 Å². The van der Waals surface area contributed by atoms with E-state index in [9.17, 15) is 8.78 Å². The third-order valence-electron chi connectivity index (χ3n) is 2.91. The molecule has 0 spiro atoms. The summed E-state index contributed by atoms with van der Waals surface area (Å²) in [7, 11) is 0. The quantitative estimate of drug-likeness (QED) is 0.515. The molecule has 0 bridgehead atoms. The molecule has 16 heavy (non-hydrogen) atoms. The average Bonchev–Trinajstić information content (AvgIpc) is 2.22. The largest absolute Gasteiger partial charge is 0.207 e. The average molecular weight is 312 g/mol. The van der Waals surface area contributed by atoms with Gasteiger partial charge in [-0.2, -0.15) is 0 Å². The van der Waals surface area contributed by atoms with Gasteiger partial charge in [-0.3, -0.25) is 0 Å². The fraction of sp³-hybridized carbons (Fsp3) is 0.500. The number of alkyl halides is 1. The van der Waals surface area contributed by atoms with Gasteiger partial charge in [-0.1, -0.05) is 20.8 Å². The third-order valence-corrected chi connectivity index (χ3v) is 4.34. The van der Waals surface area contributed by atoms with Crippen LogP contribution in [0.3, 0.4) is 0 Å². The molecule has 0 aliphatic rings. The van der Waals surface area contributed by atoms with E-state index >= 15 is 0 Å². The van der Waals surface area contributed by atoms with Crippen LogP contribution < -0.4 is 0 Å². The van der Waals surface area contributed by atoms with E-state index < -0.39 is 17.0 Å². The standard InChI is InChI=1S/C12H14BrClF2/c1-4-12(2,3)11(14)7-5-10(16)8(13)6-9(7)15/h5-6,11H,4H2,1-3H3. The highest BCUT2D eigenvalue weighted by Crippen LogP contribution is 2.42. The van der Waals surface area contributed by atoms with E-state index in [1.165, 1.54) is 0 Å². The Balaban J connectivity index is 3.19. The zero-order chi connectivity index (χ0) is 12.5. The van der Waals surface area contributed by atoms with Gasteiger partial charge in [0.15, 0.2) is 0 Å². The summed E-state index contributed by atoms with van der Waals surface area (Å²) in [5.41, 5.74) is -0.0583. The smallest absolute Gasteiger partial charge is 0.137 e. The SMILES string of the molecule is CCC(C)(C)C(Cl)c1cc(F)c(Br)cc1F. The molecule has 4 heteroatoms. The van der Waals surface area contributed by atoms with Crippen molar-refractivity contribution in [2.75, 3.05) is 0 Å². The molecule has 0 heterocycles. The van der Waals surface area contributed by atoms with E-state index in [1.54, 1.807) is 0 Å². The molecular weight excluding hydrogens is 297 g/mol. The van der Waals surface area contributed by atoms with Crippen LogP contribution in [0.5, 0.6) is 0 Å². The monoisotopic (exact) mass is 310 g/mol. The molecule has 1 unspecified atom stereocenters. The van der Waals surface area contributed by atoms with Gasteiger partial charge >= 0.3 is 0 Å². The molecule has 1 rings (SSSR count). The first kappa shape index (κ1) is 13.9. The minimum absolute atomic E-state index is 0.118. The fourth-order valence-electron chi connectivity index (χ4n) is 1.33. The highest BCUT2D eigenvalue weighted by molar-refractivity contribution is 9.10. The topological polar surface area (TPSA) is 0 Å². The van der Waals surface area contributed by atoms with E-state index in [-0.39, 0.29) is 15.5 Å². The lowest BCUT2D eigenvalue weighted by Crippen LogP contribution is -2.18. The van der Waals surface area contributed by atoms with E-state index in [1.807, 2.05) is 20.8 Å². The van der Waals surface area contributed by atoms with Crippen molar-refractivity contribution in [2.45, 2.75) is 32.6 Å². The molecule has 0 amide bonds. The van der Waals surface area contributed by atoms with Crippen LogP contribution >= 0.6 is 27.5 Å². The first-order chi connectivity index (χ1) is 7.29. The summed E-state index contributed by atoms with van der Waals surface area (Å²) in [4.78, 5) is 0. The van der Waals surface area contributed by atoms with Gasteiger partial charge in [0.2, 0.25) is 0 Å². The van der Waals surface area contributed by atoms with Crippen LogP contribution in [0.25, 0.3) is 0 Å². The van der Waals surface area contributed by atoms with Crippen LogP contribution in [0.2, 0.25) is 0 Å². The first-order valence-electron chi connectivity index (χ1n) is 5.08. The molecule has 1 atom stereocenters. The summed E-state index contributed by atoms with van der Waals surface area (Å²) in [6.07, 6.45) is 0.790. The van der Waals surface area contributed by atoms with Crippen LogP contribution in [-0.2, 0) is 0 Å². The maximum atomic E-state index is 13.7. The predicted octanol–water partition coefficient (Wildman–Crippen LogP) is 5.44. The maximum absolute atomic E-state index is 13.7. The lowest BCUT2D eigenvalue weighted by Gasteiger charge is -2.29. The van der Waals surface area contributed by atoms with Crippen molar-refractivity contribution in [2.24, 2.45) is 5.41 Å². The van der Waals surface area contributed by atoms with Crippen molar-refractivity contribution in [1.29, 1.82) is 0 Å². The first-order valence-corrected chi connectivity index (χ1v) is 6.31. The number of benzene rings is 1. The van der Waals surface area contributed by atoms with Gasteiger partial charge in [0.25, 0.3) is 0 Å². The number of halogens is 4. The molecule has 0 saturated carbocycles. The van der Waals surface area contributed by atoms with Gasteiger partial charge in [-0.15, -0.1) is 11.6 Å². The molecular formula is C12H14BrClF2. The Bertz CT molecular complexity index is 391. The molecule has 1 aromatic carbocycles. The minimum Gasteiger partial charge on any atom is -0.207 e. The maximum Gasteiger partial charge on any atom is 0.137 e. The zero-order valence-electron chi connectivity index (χ0n) is 9.45. The predicted molar refractivity (Wildman–Crippen MR) is 66.7 cm³/mol. The third kappa shape index (κ3) is 2.75. The molecule has 0 N–H and O–H groups in total. The Labute approximate surface area is 108 Å². The van der Waals surface area contributed by atoms with Crippen LogP contribution in [-0.4, -0.2) is 0 Å². The summed E-state index contributed by atoms with van der Waals surface area (Å²) in [6.45, 7) is 5.84. The summed E-state index contributed by atoms with van der Waals surface area (Å²) in [6, 6.07) is 2.28.